The zero-order valence-corrected chi connectivity index (χ0v) is 22.0. The molecule has 9 nitrogen and oxygen atoms in total. The number of nitrogens with zero attached hydrogens (tertiary/aromatic N) is 3. The van der Waals surface area contributed by atoms with E-state index in [2.05, 4.69) is 44.6 Å². The minimum Gasteiger partial charge on any atom is -0.493 e. The van der Waals surface area contributed by atoms with E-state index in [9.17, 15) is 0 Å². The normalized spacial score (nSPS) is 21.4. The number of nitrogens with one attached hydrogen (secondary N) is 2. The van der Waals surface area contributed by atoms with Crippen molar-refractivity contribution in [2.24, 2.45) is 4.99 Å². The summed E-state index contributed by atoms with van der Waals surface area (Å²) in [6.07, 6.45) is 0.165. The molecular weight excluding hydrogens is 525 g/mol. The standard InChI is InChI=1S/C22H37N5O4.HI/c1-23-22(24-14-18-16-26(2)7-12-31-18)25-15-19(27-8-10-30-11-9-27)17-5-6-20(28-3)21(13-17)29-4;/h5-6,13,18-19H,7-12,14-16H2,1-4H3,(H2,23,24,25);1H. The topological polar surface area (TPSA) is 79.8 Å². The van der Waals surface area contributed by atoms with Crippen LogP contribution in [0.15, 0.2) is 23.2 Å². The Bertz CT molecular complexity index is 718. The molecule has 3 rings (SSSR count). The molecule has 0 aliphatic carbocycles. The average molecular weight is 563 g/mol. The lowest BCUT2D eigenvalue weighted by atomic mass is 10.0. The van der Waals surface area contributed by atoms with Gasteiger partial charge in [-0.2, -0.15) is 0 Å². The minimum absolute atomic E-state index is 0. The Morgan fingerprint density at radius 3 is 2.53 bits per heavy atom. The van der Waals surface area contributed by atoms with E-state index in [0.29, 0.717) is 6.54 Å². The summed E-state index contributed by atoms with van der Waals surface area (Å²) in [4.78, 5) is 9.12. The Labute approximate surface area is 208 Å². The molecule has 0 radical (unpaired) electrons. The monoisotopic (exact) mass is 563 g/mol. The lowest BCUT2D eigenvalue weighted by Gasteiger charge is -2.35. The molecule has 10 heteroatoms. The van der Waals surface area contributed by atoms with E-state index in [0.717, 1.165) is 70.0 Å². The van der Waals surface area contributed by atoms with Crippen molar-refractivity contribution in [1.29, 1.82) is 0 Å². The molecule has 2 unspecified atom stereocenters. The largest absolute Gasteiger partial charge is 0.493 e. The molecule has 0 amide bonds. The Balaban J connectivity index is 0.00000363. The number of hydrogen-bond donors (Lipinski definition) is 2. The fourth-order valence-electron chi connectivity index (χ4n) is 4.02. The summed E-state index contributed by atoms with van der Waals surface area (Å²) < 4.78 is 22.4. The molecule has 0 bridgehead atoms. The third-order valence-electron chi connectivity index (χ3n) is 5.80. The van der Waals surface area contributed by atoms with Crippen LogP contribution in [0.2, 0.25) is 0 Å². The predicted octanol–water partition coefficient (Wildman–Crippen LogP) is 1.19. The van der Waals surface area contributed by atoms with Gasteiger partial charge in [0.15, 0.2) is 17.5 Å². The van der Waals surface area contributed by atoms with Crippen molar-refractivity contribution in [2.45, 2.75) is 12.1 Å². The van der Waals surface area contributed by atoms with Crippen LogP contribution in [-0.4, -0.2) is 109 Å². The third kappa shape index (κ3) is 7.62. The van der Waals surface area contributed by atoms with Crippen LogP contribution < -0.4 is 20.1 Å². The molecule has 2 N–H and O–H groups in total. The number of halogens is 1. The quantitative estimate of drug-likeness (QED) is 0.278. The van der Waals surface area contributed by atoms with Gasteiger partial charge in [0.05, 0.1) is 46.2 Å². The van der Waals surface area contributed by atoms with Crippen LogP contribution in [0, 0.1) is 0 Å². The van der Waals surface area contributed by atoms with Crippen molar-refractivity contribution in [2.75, 3.05) is 87.4 Å². The third-order valence-corrected chi connectivity index (χ3v) is 5.80. The van der Waals surface area contributed by atoms with Crippen molar-refractivity contribution < 1.29 is 18.9 Å². The Hall–Kier alpha value is -1.34. The Kier molecular flexibility index (Phi) is 11.8. The first-order valence-corrected chi connectivity index (χ1v) is 10.9. The highest BCUT2D eigenvalue weighted by Crippen LogP contribution is 2.32. The SMILES string of the molecule is CN=C(NCC1CN(C)CCO1)NCC(c1ccc(OC)c(OC)c1)N1CCOCC1.I. The molecule has 0 aromatic heterocycles. The fourth-order valence-corrected chi connectivity index (χ4v) is 4.02. The Morgan fingerprint density at radius 1 is 1.12 bits per heavy atom. The molecule has 2 aliphatic heterocycles. The summed E-state index contributed by atoms with van der Waals surface area (Å²) >= 11 is 0. The molecule has 32 heavy (non-hydrogen) atoms. The fraction of sp³-hybridized carbons (Fsp3) is 0.682. The highest BCUT2D eigenvalue weighted by atomic mass is 127. The van der Waals surface area contributed by atoms with Gasteiger partial charge < -0.3 is 34.5 Å². The van der Waals surface area contributed by atoms with E-state index in [1.165, 1.54) is 5.56 Å². The molecule has 2 atom stereocenters. The molecule has 2 aliphatic rings. The first-order chi connectivity index (χ1) is 15.1. The molecule has 0 spiro atoms. The molecule has 1 aromatic rings. The lowest BCUT2D eigenvalue weighted by Crippen LogP contribution is -2.50. The number of hydrogen-bond acceptors (Lipinski definition) is 7. The second kappa shape index (κ2) is 14.0. The highest BCUT2D eigenvalue weighted by Gasteiger charge is 2.24. The first-order valence-electron chi connectivity index (χ1n) is 10.9. The predicted molar refractivity (Wildman–Crippen MR) is 137 cm³/mol. The van der Waals surface area contributed by atoms with E-state index >= 15 is 0 Å². The van der Waals surface area contributed by atoms with Gasteiger partial charge in [-0.3, -0.25) is 9.89 Å². The molecule has 2 heterocycles. The molecule has 2 fully saturated rings. The Morgan fingerprint density at radius 2 is 1.88 bits per heavy atom. The van der Waals surface area contributed by atoms with Crippen molar-refractivity contribution >= 4 is 29.9 Å². The van der Waals surface area contributed by atoms with Gasteiger partial charge in [0.1, 0.15) is 0 Å². The van der Waals surface area contributed by atoms with Crippen LogP contribution in [-0.2, 0) is 9.47 Å². The van der Waals surface area contributed by atoms with Gasteiger partial charge in [0.25, 0.3) is 0 Å². The summed E-state index contributed by atoms with van der Waals surface area (Å²) in [5.41, 5.74) is 1.17. The van der Waals surface area contributed by atoms with E-state index in [4.69, 9.17) is 18.9 Å². The molecule has 0 saturated carbocycles. The first kappa shape index (κ1) is 26.9. The number of morpholine rings is 2. The smallest absolute Gasteiger partial charge is 0.191 e. The number of rotatable bonds is 8. The van der Waals surface area contributed by atoms with E-state index in [-0.39, 0.29) is 36.1 Å². The van der Waals surface area contributed by atoms with Crippen LogP contribution in [0.25, 0.3) is 0 Å². The lowest BCUT2D eigenvalue weighted by molar-refractivity contribution is -0.0161. The zero-order valence-electron chi connectivity index (χ0n) is 19.6. The zero-order chi connectivity index (χ0) is 22.1. The van der Waals surface area contributed by atoms with Crippen LogP contribution in [0.3, 0.4) is 0 Å². The maximum absolute atomic E-state index is 5.85. The van der Waals surface area contributed by atoms with Crippen LogP contribution in [0.1, 0.15) is 11.6 Å². The molecule has 2 saturated heterocycles. The number of methoxy groups -OCH3 is 2. The second-order valence-corrected chi connectivity index (χ2v) is 7.87. The van der Waals surface area contributed by atoms with Crippen LogP contribution in [0.4, 0.5) is 0 Å². The average Bonchev–Trinajstić information content (AvgIpc) is 2.81. The molecular formula is C22H38IN5O4. The van der Waals surface area contributed by atoms with Gasteiger partial charge in [0.2, 0.25) is 0 Å². The second-order valence-electron chi connectivity index (χ2n) is 7.87. The highest BCUT2D eigenvalue weighted by molar-refractivity contribution is 14.0. The van der Waals surface area contributed by atoms with Gasteiger partial charge >= 0.3 is 0 Å². The molecule has 182 valence electrons. The maximum Gasteiger partial charge on any atom is 0.191 e. The molecule has 1 aromatic carbocycles. The van der Waals surface area contributed by atoms with E-state index in [1.54, 1.807) is 21.3 Å². The van der Waals surface area contributed by atoms with E-state index < -0.39 is 0 Å². The van der Waals surface area contributed by atoms with Gasteiger partial charge in [-0.25, -0.2) is 0 Å². The van der Waals surface area contributed by atoms with Crippen molar-refractivity contribution in [3.05, 3.63) is 23.8 Å². The van der Waals surface area contributed by atoms with Gasteiger partial charge in [-0.1, -0.05) is 6.07 Å². The summed E-state index contributed by atoms with van der Waals surface area (Å²) in [7, 11) is 7.24. The van der Waals surface area contributed by atoms with Crippen LogP contribution >= 0.6 is 24.0 Å². The summed E-state index contributed by atoms with van der Waals surface area (Å²) in [5.74, 6) is 2.24. The summed E-state index contributed by atoms with van der Waals surface area (Å²) in [6.45, 7) is 7.36. The van der Waals surface area contributed by atoms with E-state index in [1.807, 2.05) is 6.07 Å². The van der Waals surface area contributed by atoms with Crippen molar-refractivity contribution in [3.63, 3.8) is 0 Å². The number of guanidine groups is 1. The number of aliphatic imine (C=N–C) groups is 1. The van der Waals surface area contributed by atoms with Gasteiger partial charge in [0, 0.05) is 46.3 Å². The summed E-state index contributed by atoms with van der Waals surface area (Å²) in [6, 6.07) is 6.28. The van der Waals surface area contributed by atoms with Crippen molar-refractivity contribution in [3.8, 4) is 11.5 Å². The van der Waals surface area contributed by atoms with Gasteiger partial charge in [-0.15, -0.1) is 24.0 Å². The van der Waals surface area contributed by atoms with Crippen LogP contribution in [0.5, 0.6) is 11.5 Å². The van der Waals surface area contributed by atoms with Crippen molar-refractivity contribution in [1.82, 2.24) is 20.4 Å². The maximum atomic E-state index is 5.85. The van der Waals surface area contributed by atoms with Gasteiger partial charge in [-0.05, 0) is 24.7 Å². The number of benzene rings is 1. The number of ether oxygens (including phenoxy) is 4. The number of likely N-dealkylation sites (N-methyl/N-ethyl adjacent to an activating group) is 1. The summed E-state index contributed by atoms with van der Waals surface area (Å²) in [5, 5.41) is 6.91. The minimum atomic E-state index is 0.